The van der Waals surface area contributed by atoms with Crippen molar-refractivity contribution in [1.29, 1.82) is 0 Å². The number of ether oxygens (including phenoxy) is 1. The maximum atomic E-state index is 13.3. The van der Waals surface area contributed by atoms with E-state index in [1.165, 1.54) is 16.4 Å². The van der Waals surface area contributed by atoms with E-state index in [0.717, 1.165) is 11.1 Å². The minimum atomic E-state index is -3.86. The van der Waals surface area contributed by atoms with E-state index in [-0.39, 0.29) is 11.4 Å². The Morgan fingerprint density at radius 1 is 1.00 bits per heavy atom. The number of benzene rings is 3. The highest BCUT2D eigenvalue weighted by Crippen LogP contribution is 2.37. The van der Waals surface area contributed by atoms with E-state index in [2.05, 4.69) is 5.32 Å². The van der Waals surface area contributed by atoms with Crippen LogP contribution in [-0.4, -0.2) is 27.0 Å². The Balaban J connectivity index is 1.67. The van der Waals surface area contributed by atoms with Crippen molar-refractivity contribution in [3.63, 3.8) is 0 Å². The topological polar surface area (TPSA) is 75.7 Å². The number of fused-ring (bicyclic) bond motifs is 1. The Morgan fingerprint density at radius 2 is 1.70 bits per heavy atom. The van der Waals surface area contributed by atoms with Gasteiger partial charge in [0.2, 0.25) is 0 Å². The molecule has 1 heterocycles. The lowest BCUT2D eigenvalue weighted by Gasteiger charge is -2.34. The van der Waals surface area contributed by atoms with Gasteiger partial charge in [-0.15, -0.1) is 0 Å². The van der Waals surface area contributed by atoms with Gasteiger partial charge in [0.1, 0.15) is 5.75 Å². The zero-order valence-corrected chi connectivity index (χ0v) is 17.5. The molecule has 30 heavy (non-hydrogen) atoms. The van der Waals surface area contributed by atoms with Crippen LogP contribution in [0.15, 0.2) is 77.7 Å². The molecule has 1 aliphatic rings. The summed E-state index contributed by atoms with van der Waals surface area (Å²) in [5.41, 5.74) is 3.10. The van der Waals surface area contributed by atoms with E-state index in [4.69, 9.17) is 4.74 Å². The molecule has 0 aliphatic carbocycles. The monoisotopic (exact) mass is 422 g/mol. The summed E-state index contributed by atoms with van der Waals surface area (Å²) in [6, 6.07) is 20.7. The second-order valence-corrected chi connectivity index (χ2v) is 9.09. The summed E-state index contributed by atoms with van der Waals surface area (Å²) in [5.74, 6) is -0.0475. The second kappa shape index (κ2) is 7.84. The van der Waals surface area contributed by atoms with Crippen LogP contribution in [0.4, 0.5) is 11.4 Å². The number of amides is 1. The maximum Gasteiger partial charge on any atom is 0.267 e. The van der Waals surface area contributed by atoms with Crippen LogP contribution in [0.25, 0.3) is 0 Å². The lowest BCUT2D eigenvalue weighted by Crippen LogP contribution is -2.48. The molecule has 0 aromatic heterocycles. The second-order valence-electron chi connectivity index (χ2n) is 7.23. The van der Waals surface area contributed by atoms with Crippen molar-refractivity contribution in [2.75, 3.05) is 16.2 Å². The number of sulfonamides is 1. The summed E-state index contributed by atoms with van der Waals surface area (Å²) in [6.45, 7) is 3.77. The summed E-state index contributed by atoms with van der Waals surface area (Å²) in [7, 11) is -3.86. The zero-order chi connectivity index (χ0) is 21.3. The van der Waals surface area contributed by atoms with Crippen LogP contribution in [-0.2, 0) is 14.8 Å². The van der Waals surface area contributed by atoms with Gasteiger partial charge in [-0.3, -0.25) is 9.10 Å². The Hall–Kier alpha value is -3.32. The molecule has 3 aromatic rings. The van der Waals surface area contributed by atoms with Crippen LogP contribution in [0.5, 0.6) is 5.75 Å². The number of nitrogens with one attached hydrogen (secondary N) is 1. The summed E-state index contributed by atoms with van der Waals surface area (Å²) >= 11 is 0. The van der Waals surface area contributed by atoms with Gasteiger partial charge in [0, 0.05) is 5.69 Å². The van der Waals surface area contributed by atoms with E-state index >= 15 is 0 Å². The van der Waals surface area contributed by atoms with Crippen LogP contribution in [0.2, 0.25) is 0 Å². The first-order chi connectivity index (χ1) is 14.4. The molecule has 1 aliphatic heterocycles. The van der Waals surface area contributed by atoms with Crippen molar-refractivity contribution in [2.45, 2.75) is 24.8 Å². The van der Waals surface area contributed by atoms with Crippen molar-refractivity contribution in [3.8, 4) is 5.75 Å². The minimum Gasteiger partial charge on any atom is -0.476 e. The number of carbonyl (C=O) groups is 1. The first kappa shape index (κ1) is 20.0. The van der Waals surface area contributed by atoms with Gasteiger partial charge in [-0.05, 0) is 49.7 Å². The van der Waals surface area contributed by atoms with Gasteiger partial charge < -0.3 is 10.1 Å². The SMILES string of the molecule is Cc1ccc(NC(=O)[C@@H]2CN(S(=O)(=O)c3ccccc3)c3ccccc3O2)c(C)c1. The predicted octanol–water partition coefficient (Wildman–Crippen LogP) is 3.90. The van der Waals surface area contributed by atoms with Crippen molar-refractivity contribution in [3.05, 3.63) is 83.9 Å². The molecule has 1 amide bonds. The lowest BCUT2D eigenvalue weighted by molar-refractivity contribution is -0.122. The van der Waals surface area contributed by atoms with Gasteiger partial charge in [-0.2, -0.15) is 0 Å². The fraction of sp³-hybridized carbons (Fsp3) is 0.174. The van der Waals surface area contributed by atoms with Gasteiger partial charge in [0.15, 0.2) is 6.10 Å². The molecular formula is C23H22N2O4S. The summed E-state index contributed by atoms with van der Waals surface area (Å²) in [5, 5.41) is 2.86. The fourth-order valence-corrected chi connectivity index (χ4v) is 4.95. The molecule has 0 radical (unpaired) electrons. The number of anilines is 2. The fourth-order valence-electron chi connectivity index (χ4n) is 3.45. The highest BCUT2D eigenvalue weighted by Gasteiger charge is 2.37. The van der Waals surface area contributed by atoms with E-state index in [9.17, 15) is 13.2 Å². The number of hydrogen-bond donors (Lipinski definition) is 1. The quantitative estimate of drug-likeness (QED) is 0.692. The zero-order valence-electron chi connectivity index (χ0n) is 16.7. The molecule has 4 rings (SSSR count). The number of aryl methyl sites for hydroxylation is 2. The Kier molecular flexibility index (Phi) is 5.22. The summed E-state index contributed by atoms with van der Waals surface area (Å²) < 4.78 is 33.7. The molecule has 0 fully saturated rings. The van der Waals surface area contributed by atoms with Crippen LogP contribution >= 0.6 is 0 Å². The third-order valence-corrected chi connectivity index (χ3v) is 6.79. The average Bonchev–Trinajstić information content (AvgIpc) is 2.75. The lowest BCUT2D eigenvalue weighted by atomic mass is 10.1. The maximum absolute atomic E-state index is 13.3. The van der Waals surface area contributed by atoms with E-state index < -0.39 is 22.0 Å². The molecule has 0 unspecified atom stereocenters. The molecule has 1 atom stereocenters. The first-order valence-electron chi connectivity index (χ1n) is 9.58. The van der Waals surface area contributed by atoms with Crippen LogP contribution in [0.3, 0.4) is 0 Å². The van der Waals surface area contributed by atoms with Gasteiger partial charge in [0.05, 0.1) is 17.1 Å². The normalized spacial score (nSPS) is 15.8. The van der Waals surface area contributed by atoms with Crippen LogP contribution in [0, 0.1) is 13.8 Å². The van der Waals surface area contributed by atoms with Gasteiger partial charge >= 0.3 is 0 Å². The molecule has 6 nitrogen and oxygen atoms in total. The third kappa shape index (κ3) is 3.76. The van der Waals surface area contributed by atoms with E-state index in [0.29, 0.717) is 17.1 Å². The Morgan fingerprint density at radius 3 is 2.43 bits per heavy atom. The third-order valence-electron chi connectivity index (χ3n) is 5.00. The van der Waals surface area contributed by atoms with E-state index in [1.54, 1.807) is 42.5 Å². The van der Waals surface area contributed by atoms with Gasteiger partial charge in [-0.1, -0.05) is 48.0 Å². The standard InChI is InChI=1S/C23H22N2O4S/c1-16-12-13-19(17(2)14-16)24-23(26)22-15-25(20-10-6-7-11-21(20)29-22)30(27,28)18-8-4-3-5-9-18/h3-14,22H,15H2,1-2H3,(H,24,26)/t22-/m0/s1. The van der Waals surface area contributed by atoms with Crippen LogP contribution in [0.1, 0.15) is 11.1 Å². The van der Waals surface area contributed by atoms with Crippen molar-refractivity contribution in [1.82, 2.24) is 0 Å². The molecule has 154 valence electrons. The molecule has 3 aromatic carbocycles. The largest absolute Gasteiger partial charge is 0.476 e. The number of rotatable bonds is 4. The molecule has 0 saturated heterocycles. The Labute approximate surface area is 176 Å². The number of para-hydroxylation sites is 2. The minimum absolute atomic E-state index is 0.120. The smallest absolute Gasteiger partial charge is 0.267 e. The van der Waals surface area contributed by atoms with Crippen molar-refractivity contribution >= 4 is 27.3 Å². The average molecular weight is 423 g/mol. The molecule has 1 N–H and O–H groups in total. The number of nitrogens with zero attached hydrogens (tertiary/aromatic N) is 1. The number of hydrogen-bond acceptors (Lipinski definition) is 4. The highest BCUT2D eigenvalue weighted by molar-refractivity contribution is 7.92. The number of carbonyl (C=O) groups excluding carboxylic acids is 1. The molecular weight excluding hydrogens is 400 g/mol. The molecule has 7 heteroatoms. The molecule has 0 bridgehead atoms. The molecule has 0 saturated carbocycles. The summed E-state index contributed by atoms with van der Waals surface area (Å²) in [6.07, 6.45) is -0.987. The predicted molar refractivity (Wildman–Crippen MR) is 116 cm³/mol. The summed E-state index contributed by atoms with van der Waals surface area (Å²) in [4.78, 5) is 13.1. The van der Waals surface area contributed by atoms with Crippen molar-refractivity contribution < 1.29 is 17.9 Å². The van der Waals surface area contributed by atoms with Crippen LogP contribution < -0.4 is 14.4 Å². The van der Waals surface area contributed by atoms with Gasteiger partial charge in [-0.25, -0.2) is 8.42 Å². The van der Waals surface area contributed by atoms with Crippen molar-refractivity contribution in [2.24, 2.45) is 0 Å². The first-order valence-corrected chi connectivity index (χ1v) is 11.0. The van der Waals surface area contributed by atoms with E-state index in [1.807, 2.05) is 32.0 Å². The Bertz CT molecular complexity index is 1190. The highest BCUT2D eigenvalue weighted by atomic mass is 32.2. The molecule has 0 spiro atoms. The van der Waals surface area contributed by atoms with Gasteiger partial charge in [0.25, 0.3) is 15.9 Å².